The molecule has 1 fully saturated rings. The van der Waals surface area contributed by atoms with Gasteiger partial charge in [-0.1, -0.05) is 6.92 Å². The highest BCUT2D eigenvalue weighted by Gasteiger charge is 2.31. The summed E-state index contributed by atoms with van der Waals surface area (Å²) in [5.74, 6) is 1.22. The van der Waals surface area contributed by atoms with E-state index < -0.39 is 5.91 Å². The molecule has 4 rings (SSSR count). The summed E-state index contributed by atoms with van der Waals surface area (Å²) in [6, 6.07) is 2.44. The van der Waals surface area contributed by atoms with Gasteiger partial charge in [-0.3, -0.25) is 9.48 Å². The molecule has 2 aromatic heterocycles. The summed E-state index contributed by atoms with van der Waals surface area (Å²) in [6.45, 7) is 3.93. The normalized spacial score (nSPS) is 20.9. The van der Waals surface area contributed by atoms with Crippen LogP contribution in [-0.2, 0) is 12.8 Å². The molecule has 7 heteroatoms. The van der Waals surface area contributed by atoms with Gasteiger partial charge in [0.05, 0.1) is 23.5 Å². The summed E-state index contributed by atoms with van der Waals surface area (Å²) in [6.07, 6.45) is 6.57. The van der Waals surface area contributed by atoms with Crippen LogP contribution in [0.1, 0.15) is 41.0 Å². The first kappa shape index (κ1) is 14.2. The molecule has 120 valence electrons. The third-order valence-electron chi connectivity index (χ3n) is 4.84. The van der Waals surface area contributed by atoms with E-state index in [-0.39, 0.29) is 6.04 Å². The van der Waals surface area contributed by atoms with Crippen molar-refractivity contribution in [2.24, 2.45) is 11.7 Å². The highest BCUT2D eigenvalue weighted by atomic mass is 16.1. The predicted molar refractivity (Wildman–Crippen MR) is 85.2 cm³/mol. The quantitative estimate of drug-likeness (QED) is 0.911. The van der Waals surface area contributed by atoms with Crippen LogP contribution in [0.3, 0.4) is 0 Å². The van der Waals surface area contributed by atoms with Crippen molar-refractivity contribution in [3.8, 4) is 0 Å². The number of amides is 1. The van der Waals surface area contributed by atoms with Crippen LogP contribution >= 0.6 is 0 Å². The van der Waals surface area contributed by atoms with Gasteiger partial charge in [-0.15, -0.1) is 5.10 Å². The summed E-state index contributed by atoms with van der Waals surface area (Å²) in [5, 5.41) is 13.0. The Balaban J connectivity index is 1.45. The van der Waals surface area contributed by atoms with Crippen LogP contribution in [0.5, 0.6) is 0 Å². The summed E-state index contributed by atoms with van der Waals surface area (Å²) in [4.78, 5) is 13.3. The third kappa shape index (κ3) is 2.56. The van der Waals surface area contributed by atoms with E-state index in [4.69, 9.17) is 5.73 Å². The lowest BCUT2D eigenvalue weighted by Crippen LogP contribution is -2.48. The molecular weight excluding hydrogens is 292 g/mol. The minimum atomic E-state index is -0.442. The van der Waals surface area contributed by atoms with Crippen LogP contribution in [0.4, 0.5) is 5.82 Å². The fraction of sp³-hybridized carbons (Fsp3) is 0.500. The number of aryl methyl sites for hydroxylation is 1. The van der Waals surface area contributed by atoms with E-state index in [1.807, 2.05) is 4.68 Å². The number of anilines is 1. The van der Waals surface area contributed by atoms with Crippen molar-refractivity contribution in [1.29, 1.82) is 0 Å². The van der Waals surface area contributed by atoms with Crippen molar-refractivity contribution in [2.45, 2.75) is 32.2 Å². The van der Waals surface area contributed by atoms with Gasteiger partial charge < -0.3 is 10.6 Å². The van der Waals surface area contributed by atoms with E-state index in [9.17, 15) is 4.79 Å². The lowest BCUT2D eigenvalue weighted by atomic mass is 9.88. The average Bonchev–Trinajstić information content (AvgIpc) is 2.95. The Kier molecular flexibility index (Phi) is 3.28. The van der Waals surface area contributed by atoms with Crippen LogP contribution < -0.4 is 10.6 Å². The monoisotopic (exact) mass is 312 g/mol. The lowest BCUT2D eigenvalue weighted by Gasteiger charge is -2.40. The van der Waals surface area contributed by atoms with Gasteiger partial charge in [0.1, 0.15) is 0 Å². The molecule has 1 saturated heterocycles. The van der Waals surface area contributed by atoms with Crippen molar-refractivity contribution < 1.29 is 4.79 Å². The van der Waals surface area contributed by atoms with E-state index in [1.54, 1.807) is 6.20 Å². The van der Waals surface area contributed by atoms with Crippen LogP contribution in [0.2, 0.25) is 0 Å². The molecule has 0 aromatic carbocycles. The molecule has 0 bridgehead atoms. The molecule has 1 aliphatic heterocycles. The fourth-order valence-corrected chi connectivity index (χ4v) is 3.32. The van der Waals surface area contributed by atoms with Gasteiger partial charge in [0.2, 0.25) is 0 Å². The minimum absolute atomic E-state index is 0.250. The zero-order chi connectivity index (χ0) is 16.0. The Morgan fingerprint density at radius 2 is 2.17 bits per heavy atom. The Morgan fingerprint density at radius 1 is 1.35 bits per heavy atom. The SMILES string of the molecule is CC1CCc2nnc(N3CC(n4cc(C(N)=O)cn4)C3)cc2C1. The Bertz CT molecular complexity index is 749. The molecule has 2 aromatic rings. The largest absolute Gasteiger partial charge is 0.366 e. The molecule has 3 heterocycles. The van der Waals surface area contributed by atoms with Gasteiger partial charge in [0, 0.05) is 19.3 Å². The number of carbonyl (C=O) groups is 1. The van der Waals surface area contributed by atoms with Crippen molar-refractivity contribution in [3.63, 3.8) is 0 Å². The summed E-state index contributed by atoms with van der Waals surface area (Å²) >= 11 is 0. The number of nitrogens with zero attached hydrogens (tertiary/aromatic N) is 5. The van der Waals surface area contributed by atoms with Crippen molar-refractivity contribution in [2.75, 3.05) is 18.0 Å². The lowest BCUT2D eigenvalue weighted by molar-refractivity contribution is 0.1000. The first-order chi connectivity index (χ1) is 11.1. The molecule has 1 unspecified atom stereocenters. The topological polar surface area (TPSA) is 89.9 Å². The van der Waals surface area contributed by atoms with Gasteiger partial charge in [-0.2, -0.15) is 10.2 Å². The Labute approximate surface area is 134 Å². The molecule has 7 nitrogen and oxygen atoms in total. The van der Waals surface area contributed by atoms with Gasteiger partial charge in [-0.05, 0) is 36.8 Å². The van der Waals surface area contributed by atoms with E-state index in [1.165, 1.54) is 18.2 Å². The van der Waals surface area contributed by atoms with Crippen molar-refractivity contribution in [1.82, 2.24) is 20.0 Å². The van der Waals surface area contributed by atoms with Crippen molar-refractivity contribution in [3.05, 3.63) is 35.3 Å². The second kappa shape index (κ2) is 5.33. The minimum Gasteiger partial charge on any atom is -0.366 e. The van der Waals surface area contributed by atoms with Gasteiger partial charge in [0.25, 0.3) is 5.91 Å². The van der Waals surface area contributed by atoms with Gasteiger partial charge >= 0.3 is 0 Å². The second-order valence-corrected chi connectivity index (χ2v) is 6.65. The standard InChI is InChI=1S/C16H20N6O/c1-10-2-3-14-11(4-10)5-15(20-19-14)21-8-13(9-21)22-7-12(6-18-22)16(17)23/h5-7,10,13H,2-4,8-9H2,1H3,(H2,17,23). The summed E-state index contributed by atoms with van der Waals surface area (Å²) in [7, 11) is 0. The maximum absolute atomic E-state index is 11.1. The van der Waals surface area contributed by atoms with E-state index in [0.717, 1.165) is 43.4 Å². The fourth-order valence-electron chi connectivity index (χ4n) is 3.32. The van der Waals surface area contributed by atoms with Crippen LogP contribution in [0, 0.1) is 5.92 Å². The number of hydrogen-bond acceptors (Lipinski definition) is 5. The molecular formula is C16H20N6O. The second-order valence-electron chi connectivity index (χ2n) is 6.65. The van der Waals surface area contributed by atoms with Crippen LogP contribution in [0.15, 0.2) is 18.5 Å². The highest BCUT2D eigenvalue weighted by Crippen LogP contribution is 2.30. The zero-order valence-electron chi connectivity index (χ0n) is 13.1. The molecule has 0 saturated carbocycles. The molecule has 0 spiro atoms. The maximum atomic E-state index is 11.1. The molecule has 0 radical (unpaired) electrons. The molecule has 1 amide bonds. The highest BCUT2D eigenvalue weighted by molar-refractivity contribution is 5.92. The first-order valence-corrected chi connectivity index (χ1v) is 8.04. The number of aromatic nitrogens is 4. The number of primary amides is 1. The molecule has 2 N–H and O–H groups in total. The Morgan fingerprint density at radius 3 is 2.91 bits per heavy atom. The van der Waals surface area contributed by atoms with Gasteiger partial charge in [0.15, 0.2) is 5.82 Å². The smallest absolute Gasteiger partial charge is 0.251 e. The van der Waals surface area contributed by atoms with E-state index >= 15 is 0 Å². The van der Waals surface area contributed by atoms with Gasteiger partial charge in [-0.25, -0.2) is 0 Å². The molecule has 23 heavy (non-hydrogen) atoms. The third-order valence-corrected chi connectivity index (χ3v) is 4.84. The Hall–Kier alpha value is -2.44. The number of fused-ring (bicyclic) bond motifs is 1. The first-order valence-electron chi connectivity index (χ1n) is 8.04. The predicted octanol–water partition coefficient (Wildman–Crippen LogP) is 0.958. The van der Waals surface area contributed by atoms with E-state index in [2.05, 4.69) is 33.2 Å². The molecule has 2 aliphatic rings. The number of rotatable bonds is 3. The average molecular weight is 312 g/mol. The van der Waals surface area contributed by atoms with Crippen molar-refractivity contribution >= 4 is 11.7 Å². The maximum Gasteiger partial charge on any atom is 0.251 e. The molecule has 1 aliphatic carbocycles. The van der Waals surface area contributed by atoms with E-state index in [0.29, 0.717) is 5.56 Å². The van der Waals surface area contributed by atoms with Crippen LogP contribution in [-0.4, -0.2) is 39.0 Å². The zero-order valence-corrected chi connectivity index (χ0v) is 13.1. The summed E-state index contributed by atoms with van der Waals surface area (Å²) < 4.78 is 1.81. The van der Waals surface area contributed by atoms with Crippen LogP contribution in [0.25, 0.3) is 0 Å². The number of hydrogen-bond donors (Lipinski definition) is 1. The number of nitrogens with two attached hydrogens (primary N) is 1. The molecule has 1 atom stereocenters. The summed E-state index contributed by atoms with van der Waals surface area (Å²) in [5.41, 5.74) is 8.20. The number of carbonyl (C=O) groups excluding carboxylic acids is 1.